The van der Waals surface area contributed by atoms with Crippen molar-refractivity contribution in [2.24, 2.45) is 0 Å². The Hall–Kier alpha value is -7.94. The molecule has 302 valence electrons. The SMILES string of the molecule is CC1(C)c2ccccc2-c2ccc(N(c3ccc(-c4cccc5ccccc45)cc3)c3ccc4c(c3)-c3c(ccc5c3oc3ccccc35)C4(c3ccccc3)c3ccccc3)cc21. The average Bonchev–Trinajstić information content (AvgIpc) is 3.96. The molecule has 0 bridgehead atoms. The maximum Gasteiger partial charge on any atom is 0.143 e. The van der Waals surface area contributed by atoms with E-state index in [9.17, 15) is 0 Å². The fourth-order valence-corrected chi connectivity index (χ4v) is 11.4. The lowest BCUT2D eigenvalue weighted by Crippen LogP contribution is -2.28. The van der Waals surface area contributed by atoms with E-state index in [1.165, 1.54) is 72.0 Å². The van der Waals surface area contributed by atoms with Gasteiger partial charge >= 0.3 is 0 Å². The normalized spacial score (nSPS) is 14.0. The van der Waals surface area contributed by atoms with Crippen molar-refractivity contribution in [2.45, 2.75) is 24.7 Å². The number of fused-ring (bicyclic) bond motifs is 11. The van der Waals surface area contributed by atoms with E-state index >= 15 is 0 Å². The predicted molar refractivity (Wildman–Crippen MR) is 266 cm³/mol. The quantitative estimate of drug-likeness (QED) is 0.166. The van der Waals surface area contributed by atoms with E-state index in [-0.39, 0.29) is 5.41 Å². The van der Waals surface area contributed by atoms with E-state index in [0.29, 0.717) is 0 Å². The lowest BCUT2D eigenvalue weighted by molar-refractivity contribution is 0.660. The highest BCUT2D eigenvalue weighted by atomic mass is 16.3. The Morgan fingerprint density at radius 3 is 1.77 bits per heavy atom. The lowest BCUT2D eigenvalue weighted by atomic mass is 9.67. The van der Waals surface area contributed by atoms with E-state index in [1.807, 2.05) is 0 Å². The van der Waals surface area contributed by atoms with Gasteiger partial charge in [-0.2, -0.15) is 0 Å². The number of anilines is 3. The molecule has 0 aliphatic heterocycles. The van der Waals surface area contributed by atoms with Crippen LogP contribution < -0.4 is 4.90 Å². The van der Waals surface area contributed by atoms with Crippen molar-refractivity contribution in [3.05, 3.63) is 258 Å². The van der Waals surface area contributed by atoms with Crippen LogP contribution in [0.4, 0.5) is 17.1 Å². The van der Waals surface area contributed by atoms with Gasteiger partial charge in [0.05, 0.1) is 5.41 Å². The van der Waals surface area contributed by atoms with E-state index in [1.54, 1.807) is 0 Å². The molecule has 0 saturated carbocycles. The molecule has 2 aliphatic carbocycles. The van der Waals surface area contributed by atoms with Crippen molar-refractivity contribution in [3.63, 3.8) is 0 Å². The van der Waals surface area contributed by atoms with Crippen LogP contribution in [0.1, 0.15) is 47.2 Å². The highest BCUT2D eigenvalue weighted by Gasteiger charge is 2.48. The van der Waals surface area contributed by atoms with Gasteiger partial charge in [-0.25, -0.2) is 0 Å². The number of nitrogens with zero attached hydrogens (tertiary/aromatic N) is 1. The topological polar surface area (TPSA) is 16.4 Å². The van der Waals surface area contributed by atoms with Crippen LogP contribution in [0.2, 0.25) is 0 Å². The highest BCUT2D eigenvalue weighted by molar-refractivity contribution is 6.12. The summed E-state index contributed by atoms with van der Waals surface area (Å²) < 4.78 is 6.96. The van der Waals surface area contributed by atoms with Crippen LogP contribution in [0.25, 0.3) is 66.1 Å². The van der Waals surface area contributed by atoms with E-state index in [4.69, 9.17) is 4.42 Å². The van der Waals surface area contributed by atoms with Crippen molar-refractivity contribution >= 4 is 49.8 Å². The summed E-state index contributed by atoms with van der Waals surface area (Å²) in [5, 5.41) is 4.75. The first-order valence-corrected chi connectivity index (χ1v) is 22.3. The summed E-state index contributed by atoms with van der Waals surface area (Å²) in [4.78, 5) is 2.45. The van der Waals surface area contributed by atoms with Crippen LogP contribution in [0.5, 0.6) is 0 Å². The first-order chi connectivity index (χ1) is 31.5. The number of rotatable bonds is 6. The first-order valence-electron chi connectivity index (χ1n) is 22.3. The van der Waals surface area contributed by atoms with Gasteiger partial charge in [-0.05, 0) is 114 Å². The second-order valence-corrected chi connectivity index (χ2v) is 18.0. The van der Waals surface area contributed by atoms with Crippen LogP contribution in [0, 0.1) is 0 Å². The number of hydrogen-bond acceptors (Lipinski definition) is 2. The summed E-state index contributed by atoms with van der Waals surface area (Å²) in [5.41, 5.74) is 19.4. The van der Waals surface area contributed by atoms with Crippen LogP contribution >= 0.6 is 0 Å². The molecular weight excluding hydrogens is 775 g/mol. The van der Waals surface area contributed by atoms with Gasteiger partial charge in [0.15, 0.2) is 0 Å². The molecule has 0 fully saturated rings. The van der Waals surface area contributed by atoms with Gasteiger partial charge in [-0.3, -0.25) is 0 Å². The maximum atomic E-state index is 6.96. The molecule has 1 heterocycles. The average molecular weight is 818 g/mol. The third kappa shape index (κ3) is 5.14. The van der Waals surface area contributed by atoms with Gasteiger partial charge in [-0.15, -0.1) is 0 Å². The molecule has 0 saturated heterocycles. The molecule has 1 aromatic heterocycles. The Morgan fingerprint density at radius 1 is 0.375 bits per heavy atom. The van der Waals surface area contributed by atoms with Gasteiger partial charge in [0.2, 0.25) is 0 Å². The van der Waals surface area contributed by atoms with Gasteiger partial charge in [-0.1, -0.05) is 196 Å². The molecule has 10 aromatic carbocycles. The van der Waals surface area contributed by atoms with Crippen LogP contribution in [-0.4, -0.2) is 0 Å². The maximum absolute atomic E-state index is 6.96. The third-order valence-electron chi connectivity index (χ3n) is 14.4. The van der Waals surface area contributed by atoms with Gasteiger partial charge in [0.1, 0.15) is 11.2 Å². The molecule has 0 amide bonds. The summed E-state index contributed by atoms with van der Waals surface area (Å²) in [7, 11) is 0. The molecule has 11 aromatic rings. The second kappa shape index (κ2) is 13.8. The minimum Gasteiger partial charge on any atom is -0.455 e. The third-order valence-corrected chi connectivity index (χ3v) is 14.4. The molecule has 0 unspecified atom stereocenters. The second-order valence-electron chi connectivity index (χ2n) is 18.0. The largest absolute Gasteiger partial charge is 0.455 e. The molecule has 0 atom stereocenters. The number of para-hydroxylation sites is 1. The number of benzene rings is 10. The smallest absolute Gasteiger partial charge is 0.143 e. The van der Waals surface area contributed by atoms with E-state index < -0.39 is 5.41 Å². The number of furan rings is 1. The molecule has 2 heteroatoms. The summed E-state index contributed by atoms with van der Waals surface area (Å²) >= 11 is 0. The minimum absolute atomic E-state index is 0.152. The highest BCUT2D eigenvalue weighted by Crippen LogP contribution is 2.60. The van der Waals surface area contributed by atoms with Crippen LogP contribution in [-0.2, 0) is 10.8 Å². The van der Waals surface area contributed by atoms with Crippen LogP contribution in [0.15, 0.2) is 229 Å². The van der Waals surface area contributed by atoms with Crippen LogP contribution in [0.3, 0.4) is 0 Å². The Morgan fingerprint density at radius 2 is 0.969 bits per heavy atom. The molecule has 0 N–H and O–H groups in total. The van der Waals surface area contributed by atoms with Crippen molar-refractivity contribution in [1.29, 1.82) is 0 Å². The Labute approximate surface area is 373 Å². The number of hydrogen-bond donors (Lipinski definition) is 0. The molecule has 0 spiro atoms. The molecule has 64 heavy (non-hydrogen) atoms. The van der Waals surface area contributed by atoms with Crippen molar-refractivity contribution in [1.82, 2.24) is 0 Å². The minimum atomic E-state index is -0.576. The summed E-state index contributed by atoms with van der Waals surface area (Å²) in [6, 6.07) is 82.7. The zero-order valence-corrected chi connectivity index (χ0v) is 35.7. The van der Waals surface area contributed by atoms with E-state index in [0.717, 1.165) is 44.6 Å². The summed E-state index contributed by atoms with van der Waals surface area (Å²) in [6.07, 6.45) is 0. The monoisotopic (exact) mass is 817 g/mol. The first kappa shape index (κ1) is 36.7. The molecule has 2 aliphatic rings. The zero-order chi connectivity index (χ0) is 42.6. The fraction of sp³-hybridized carbons (Fsp3) is 0.0645. The summed E-state index contributed by atoms with van der Waals surface area (Å²) in [6.45, 7) is 4.73. The fourth-order valence-electron chi connectivity index (χ4n) is 11.4. The summed E-state index contributed by atoms with van der Waals surface area (Å²) in [5.74, 6) is 0. The van der Waals surface area contributed by atoms with Crippen molar-refractivity contribution in [3.8, 4) is 33.4 Å². The van der Waals surface area contributed by atoms with Crippen molar-refractivity contribution in [2.75, 3.05) is 4.90 Å². The Balaban J connectivity index is 1.07. The lowest BCUT2D eigenvalue weighted by Gasteiger charge is -2.34. The van der Waals surface area contributed by atoms with Gasteiger partial charge < -0.3 is 9.32 Å². The van der Waals surface area contributed by atoms with Gasteiger partial charge in [0.25, 0.3) is 0 Å². The molecule has 13 rings (SSSR count). The van der Waals surface area contributed by atoms with E-state index in [2.05, 4.69) is 243 Å². The standard InChI is InChI=1S/C62H43NO/c1-61(2)54-26-13-11-23-49(54)50-34-32-46(39-57(50)61)63(44-30-28-41(29-31-44)48-25-15-17-40-16-9-10-22-47(40)48)45-33-36-55-53(38-45)59-56(37-35-52-51-24-12-14-27-58(51)64-60(52)59)62(55,42-18-5-3-6-19-42)43-20-7-4-8-21-43/h3-39H,1-2H3. The van der Waals surface area contributed by atoms with Gasteiger partial charge in [0, 0.05) is 38.8 Å². The Bertz CT molecular complexity index is 3590. The molecule has 0 radical (unpaired) electrons. The predicted octanol–water partition coefficient (Wildman–Crippen LogP) is 16.5. The molecular formula is C62H43NO. The Kier molecular flexibility index (Phi) is 7.90. The van der Waals surface area contributed by atoms with Crippen molar-refractivity contribution < 1.29 is 4.42 Å². The zero-order valence-electron chi connectivity index (χ0n) is 35.7. The molecule has 2 nitrogen and oxygen atoms in total.